The molecule has 5 nitrogen and oxygen atoms in total. The lowest BCUT2D eigenvalue weighted by Gasteiger charge is -2.08. The Bertz CT molecular complexity index is 715. The van der Waals surface area contributed by atoms with Crippen molar-refractivity contribution in [2.45, 2.75) is 20.1 Å². The molecular formula is C15H17N3O2. The van der Waals surface area contributed by atoms with Crippen molar-refractivity contribution >= 4 is 16.6 Å². The zero-order valence-electron chi connectivity index (χ0n) is 11.6. The molecule has 0 aliphatic heterocycles. The molecule has 0 spiro atoms. The lowest BCUT2D eigenvalue weighted by Crippen LogP contribution is -2.00. The molecule has 0 bridgehead atoms. The molecule has 0 atom stereocenters. The number of hydrogen-bond donors (Lipinski definition) is 2. The number of furan rings is 1. The van der Waals surface area contributed by atoms with Gasteiger partial charge in [-0.05, 0) is 36.8 Å². The fourth-order valence-corrected chi connectivity index (χ4v) is 2.21. The van der Waals surface area contributed by atoms with Gasteiger partial charge < -0.3 is 14.5 Å². The maximum absolute atomic E-state index is 5.65. The van der Waals surface area contributed by atoms with Crippen molar-refractivity contribution < 1.29 is 9.15 Å². The lowest BCUT2D eigenvalue weighted by atomic mass is 10.1. The summed E-state index contributed by atoms with van der Waals surface area (Å²) in [6, 6.07) is 8.08. The van der Waals surface area contributed by atoms with Gasteiger partial charge in [0.15, 0.2) is 0 Å². The number of ether oxygens (including phenoxy) is 1. The van der Waals surface area contributed by atoms with E-state index in [1.807, 2.05) is 18.3 Å². The third-order valence-corrected chi connectivity index (χ3v) is 3.24. The minimum atomic E-state index is 0.500. The van der Waals surface area contributed by atoms with Crippen molar-refractivity contribution in [3.05, 3.63) is 47.5 Å². The van der Waals surface area contributed by atoms with Gasteiger partial charge in [-0.3, -0.25) is 5.10 Å². The van der Waals surface area contributed by atoms with Gasteiger partial charge in [0.05, 0.1) is 18.3 Å². The summed E-state index contributed by atoms with van der Waals surface area (Å²) in [6.45, 7) is 3.22. The first kappa shape index (κ1) is 12.7. The van der Waals surface area contributed by atoms with Gasteiger partial charge in [0, 0.05) is 18.2 Å². The first-order valence-electron chi connectivity index (χ1n) is 6.50. The minimum Gasteiger partial charge on any atom is -0.462 e. The Hall–Kier alpha value is -2.27. The van der Waals surface area contributed by atoms with Crippen LogP contribution in [-0.4, -0.2) is 17.3 Å². The molecular weight excluding hydrogens is 254 g/mol. The average Bonchev–Trinajstić information content (AvgIpc) is 3.05. The fraction of sp³-hybridized carbons (Fsp3) is 0.267. The number of benzene rings is 1. The van der Waals surface area contributed by atoms with Crippen LogP contribution in [-0.2, 0) is 17.9 Å². The lowest BCUT2D eigenvalue weighted by molar-refractivity contribution is 0.163. The van der Waals surface area contributed by atoms with E-state index in [0.29, 0.717) is 13.2 Å². The van der Waals surface area contributed by atoms with E-state index in [9.17, 15) is 0 Å². The monoisotopic (exact) mass is 271 g/mol. The van der Waals surface area contributed by atoms with Crippen LogP contribution in [0.5, 0.6) is 0 Å². The maximum Gasteiger partial charge on any atom is 0.129 e. The van der Waals surface area contributed by atoms with Gasteiger partial charge in [0.1, 0.15) is 18.1 Å². The van der Waals surface area contributed by atoms with Gasteiger partial charge >= 0.3 is 0 Å². The Labute approximate surface area is 116 Å². The molecule has 2 aromatic heterocycles. The van der Waals surface area contributed by atoms with Crippen molar-refractivity contribution in [3.8, 4) is 0 Å². The largest absolute Gasteiger partial charge is 0.462 e. The van der Waals surface area contributed by atoms with Crippen LogP contribution in [0, 0.1) is 6.92 Å². The number of nitrogens with one attached hydrogen (secondary N) is 2. The van der Waals surface area contributed by atoms with Crippen LogP contribution in [0.3, 0.4) is 0 Å². The number of aromatic amines is 1. The number of fused-ring (bicyclic) bond motifs is 1. The normalized spacial score (nSPS) is 11.1. The summed E-state index contributed by atoms with van der Waals surface area (Å²) in [6.07, 6.45) is 1.82. The number of nitrogens with zero attached hydrogens (tertiary/aromatic N) is 1. The topological polar surface area (TPSA) is 63.1 Å². The summed E-state index contributed by atoms with van der Waals surface area (Å²) < 4.78 is 10.7. The predicted octanol–water partition coefficient (Wildman–Crippen LogP) is 3.22. The van der Waals surface area contributed by atoms with Crippen LogP contribution in [0.1, 0.15) is 17.1 Å². The zero-order chi connectivity index (χ0) is 13.9. The third kappa shape index (κ3) is 2.53. The molecule has 0 amide bonds. The predicted molar refractivity (Wildman–Crippen MR) is 77.6 cm³/mol. The number of rotatable bonds is 5. The number of aromatic nitrogens is 2. The standard InChI is InChI=1S/C15H17N3O2/c1-10-5-15-11(7-17-18-15)6-14(10)16-8-12-3-4-13(20-12)9-19-2/h3-7,16H,8-9H2,1-2H3,(H,17,18). The Morgan fingerprint density at radius 3 is 3.00 bits per heavy atom. The SMILES string of the molecule is COCc1ccc(CNc2cc3cn[nH]c3cc2C)o1. The van der Waals surface area contributed by atoms with E-state index in [2.05, 4.69) is 34.6 Å². The van der Waals surface area contributed by atoms with Gasteiger partial charge in [0.2, 0.25) is 0 Å². The molecule has 0 aliphatic rings. The summed E-state index contributed by atoms with van der Waals surface area (Å²) in [5.41, 5.74) is 3.31. The number of H-pyrrole nitrogens is 1. The molecule has 3 aromatic rings. The molecule has 0 unspecified atom stereocenters. The number of methoxy groups -OCH3 is 1. The molecule has 0 saturated heterocycles. The Morgan fingerprint density at radius 2 is 2.15 bits per heavy atom. The first-order valence-corrected chi connectivity index (χ1v) is 6.50. The Kier molecular flexibility index (Phi) is 3.43. The molecule has 5 heteroatoms. The smallest absolute Gasteiger partial charge is 0.129 e. The second-order valence-electron chi connectivity index (χ2n) is 4.78. The van der Waals surface area contributed by atoms with E-state index in [1.165, 1.54) is 5.56 Å². The fourth-order valence-electron chi connectivity index (χ4n) is 2.21. The van der Waals surface area contributed by atoms with Gasteiger partial charge in [-0.15, -0.1) is 0 Å². The van der Waals surface area contributed by atoms with E-state index in [4.69, 9.17) is 9.15 Å². The van der Waals surface area contributed by atoms with Crippen LogP contribution in [0.4, 0.5) is 5.69 Å². The van der Waals surface area contributed by atoms with Crippen LogP contribution < -0.4 is 5.32 Å². The van der Waals surface area contributed by atoms with E-state index in [-0.39, 0.29) is 0 Å². The minimum absolute atomic E-state index is 0.500. The van der Waals surface area contributed by atoms with Crippen molar-refractivity contribution in [2.75, 3.05) is 12.4 Å². The highest BCUT2D eigenvalue weighted by molar-refractivity contribution is 5.83. The summed E-state index contributed by atoms with van der Waals surface area (Å²) in [5, 5.41) is 11.5. The second-order valence-corrected chi connectivity index (χ2v) is 4.78. The number of aryl methyl sites for hydroxylation is 1. The van der Waals surface area contributed by atoms with Gasteiger partial charge in [-0.1, -0.05) is 0 Å². The zero-order valence-corrected chi connectivity index (χ0v) is 11.6. The van der Waals surface area contributed by atoms with Crippen molar-refractivity contribution in [1.82, 2.24) is 10.2 Å². The van der Waals surface area contributed by atoms with E-state index in [1.54, 1.807) is 7.11 Å². The van der Waals surface area contributed by atoms with Crippen LogP contribution in [0.2, 0.25) is 0 Å². The Balaban J connectivity index is 1.73. The molecule has 104 valence electrons. The highest BCUT2D eigenvalue weighted by Crippen LogP contribution is 2.22. The molecule has 0 fully saturated rings. The summed E-state index contributed by atoms with van der Waals surface area (Å²) in [5.74, 6) is 1.73. The highest BCUT2D eigenvalue weighted by atomic mass is 16.5. The highest BCUT2D eigenvalue weighted by Gasteiger charge is 2.05. The second kappa shape index (κ2) is 5.38. The number of hydrogen-bond acceptors (Lipinski definition) is 4. The quantitative estimate of drug-likeness (QED) is 0.748. The van der Waals surface area contributed by atoms with Crippen LogP contribution >= 0.6 is 0 Å². The summed E-state index contributed by atoms with van der Waals surface area (Å²) >= 11 is 0. The van der Waals surface area contributed by atoms with Crippen molar-refractivity contribution in [3.63, 3.8) is 0 Å². The third-order valence-electron chi connectivity index (χ3n) is 3.24. The van der Waals surface area contributed by atoms with E-state index in [0.717, 1.165) is 28.1 Å². The van der Waals surface area contributed by atoms with Crippen molar-refractivity contribution in [1.29, 1.82) is 0 Å². The Morgan fingerprint density at radius 1 is 1.30 bits per heavy atom. The molecule has 0 radical (unpaired) electrons. The van der Waals surface area contributed by atoms with Gasteiger partial charge in [-0.2, -0.15) is 5.10 Å². The molecule has 2 heterocycles. The summed E-state index contributed by atoms with van der Waals surface area (Å²) in [7, 11) is 1.66. The molecule has 2 N–H and O–H groups in total. The maximum atomic E-state index is 5.65. The van der Waals surface area contributed by atoms with E-state index < -0.39 is 0 Å². The molecule has 1 aromatic carbocycles. The van der Waals surface area contributed by atoms with Gasteiger partial charge in [-0.25, -0.2) is 0 Å². The van der Waals surface area contributed by atoms with E-state index >= 15 is 0 Å². The first-order chi connectivity index (χ1) is 9.76. The molecule has 0 saturated carbocycles. The molecule has 3 rings (SSSR count). The van der Waals surface area contributed by atoms with Gasteiger partial charge in [0.25, 0.3) is 0 Å². The van der Waals surface area contributed by atoms with Crippen LogP contribution in [0.15, 0.2) is 34.9 Å². The average molecular weight is 271 g/mol. The molecule has 0 aliphatic carbocycles. The molecule has 20 heavy (non-hydrogen) atoms. The number of anilines is 1. The van der Waals surface area contributed by atoms with Crippen LogP contribution in [0.25, 0.3) is 10.9 Å². The summed E-state index contributed by atoms with van der Waals surface area (Å²) in [4.78, 5) is 0. The van der Waals surface area contributed by atoms with Crippen molar-refractivity contribution in [2.24, 2.45) is 0 Å².